The van der Waals surface area contributed by atoms with Crippen LogP contribution in [0.15, 0.2) is 35.9 Å². The Kier molecular flexibility index (Phi) is 3.75. The molecular weight excluding hydrogens is 342 g/mol. The van der Waals surface area contributed by atoms with Crippen LogP contribution in [0.3, 0.4) is 0 Å². The molecule has 5 rings (SSSR count). The van der Waals surface area contributed by atoms with Gasteiger partial charge in [0.25, 0.3) is 0 Å². The van der Waals surface area contributed by atoms with E-state index in [1.165, 1.54) is 5.57 Å². The standard InChI is InChI=1S/C22H25NO4/c1-23(12-13-5-3-2-4-6-13)17-11-14-7-8-15(24)20-18(14)19-21(27-20)16(25)9-10-22(17,19)26/h3,5-8,17,19,21,24,26H,2,4,9-12H2,1H3/t17-,19?,21+,22-/m1/s1. The van der Waals surface area contributed by atoms with Gasteiger partial charge in [-0.1, -0.05) is 24.3 Å². The first-order chi connectivity index (χ1) is 13.0. The first-order valence-electron chi connectivity index (χ1n) is 9.81. The molecule has 1 unspecified atom stereocenters. The van der Waals surface area contributed by atoms with Gasteiger partial charge in [-0.2, -0.15) is 0 Å². The highest BCUT2D eigenvalue weighted by atomic mass is 16.5. The minimum Gasteiger partial charge on any atom is -0.504 e. The zero-order valence-electron chi connectivity index (χ0n) is 15.5. The number of phenolic OH excluding ortho intramolecular Hbond substituents is 1. The van der Waals surface area contributed by atoms with Crippen molar-refractivity contribution in [3.63, 3.8) is 0 Å². The Morgan fingerprint density at radius 1 is 1.33 bits per heavy atom. The molecule has 142 valence electrons. The van der Waals surface area contributed by atoms with E-state index in [2.05, 4.69) is 30.2 Å². The number of likely N-dealkylation sites (N-methyl/N-ethyl adjacent to an activating group) is 1. The van der Waals surface area contributed by atoms with Gasteiger partial charge >= 0.3 is 0 Å². The molecule has 1 fully saturated rings. The molecule has 5 nitrogen and oxygen atoms in total. The smallest absolute Gasteiger partial charge is 0.174 e. The highest BCUT2D eigenvalue weighted by Gasteiger charge is 2.61. The third kappa shape index (κ3) is 2.41. The second-order valence-electron chi connectivity index (χ2n) is 8.35. The van der Waals surface area contributed by atoms with Crippen molar-refractivity contribution in [2.45, 2.75) is 55.8 Å². The van der Waals surface area contributed by atoms with Crippen LogP contribution >= 0.6 is 0 Å². The number of nitrogens with zero attached hydrogens (tertiary/aromatic N) is 1. The van der Waals surface area contributed by atoms with Crippen molar-refractivity contribution in [3.05, 3.63) is 47.1 Å². The third-order valence-corrected chi connectivity index (χ3v) is 6.78. The van der Waals surface area contributed by atoms with Gasteiger partial charge in [-0.3, -0.25) is 9.69 Å². The third-order valence-electron chi connectivity index (χ3n) is 6.78. The van der Waals surface area contributed by atoms with Gasteiger partial charge in [-0.05, 0) is 49.9 Å². The second kappa shape index (κ2) is 5.94. The van der Waals surface area contributed by atoms with Crippen LogP contribution in [-0.2, 0) is 11.2 Å². The van der Waals surface area contributed by atoms with E-state index in [1.54, 1.807) is 6.07 Å². The molecule has 0 radical (unpaired) electrons. The van der Waals surface area contributed by atoms with Crippen LogP contribution in [0.1, 0.15) is 42.7 Å². The molecule has 1 aromatic carbocycles. The normalized spacial score (nSPS) is 33.7. The number of aliphatic hydroxyl groups is 1. The van der Waals surface area contributed by atoms with Crippen LogP contribution in [0.25, 0.3) is 0 Å². The van der Waals surface area contributed by atoms with Gasteiger partial charge < -0.3 is 14.9 Å². The summed E-state index contributed by atoms with van der Waals surface area (Å²) >= 11 is 0. The second-order valence-corrected chi connectivity index (χ2v) is 8.35. The van der Waals surface area contributed by atoms with Gasteiger partial charge in [0, 0.05) is 24.6 Å². The SMILES string of the molecule is CN(CC1=CCCC=C1)[C@@H]1Cc2ccc(O)c3c2C2[C@@H](O3)C(=O)CC[C@]21O. The molecule has 0 amide bonds. The molecule has 0 bridgehead atoms. The number of Topliss-reactive ketones (excluding diaryl/α,β-unsaturated/α-hetero) is 1. The van der Waals surface area contributed by atoms with E-state index in [0.29, 0.717) is 25.0 Å². The van der Waals surface area contributed by atoms with E-state index in [0.717, 1.165) is 30.5 Å². The van der Waals surface area contributed by atoms with Gasteiger partial charge in [0.1, 0.15) is 0 Å². The molecule has 1 saturated carbocycles. The molecule has 27 heavy (non-hydrogen) atoms. The van der Waals surface area contributed by atoms with E-state index in [9.17, 15) is 15.0 Å². The minimum atomic E-state index is -1.03. The van der Waals surface area contributed by atoms with E-state index < -0.39 is 17.6 Å². The zero-order chi connectivity index (χ0) is 18.8. The summed E-state index contributed by atoms with van der Waals surface area (Å²) in [6, 6.07) is 3.46. The number of phenols is 1. The summed E-state index contributed by atoms with van der Waals surface area (Å²) in [6.07, 6.45) is 9.54. The van der Waals surface area contributed by atoms with Crippen molar-refractivity contribution in [1.29, 1.82) is 0 Å². The van der Waals surface area contributed by atoms with Crippen molar-refractivity contribution < 1.29 is 19.7 Å². The number of ether oxygens (including phenoxy) is 1. The lowest BCUT2D eigenvalue weighted by Crippen LogP contribution is -2.63. The fourth-order valence-corrected chi connectivity index (χ4v) is 5.48. The summed E-state index contributed by atoms with van der Waals surface area (Å²) < 4.78 is 5.89. The molecule has 0 aromatic heterocycles. The van der Waals surface area contributed by atoms with E-state index in [-0.39, 0.29) is 17.6 Å². The van der Waals surface area contributed by atoms with Crippen molar-refractivity contribution >= 4 is 5.78 Å². The van der Waals surface area contributed by atoms with Crippen LogP contribution in [0.2, 0.25) is 0 Å². The lowest BCUT2D eigenvalue weighted by Gasteiger charge is -2.51. The molecule has 0 saturated heterocycles. The maximum Gasteiger partial charge on any atom is 0.174 e. The fraction of sp³-hybridized carbons (Fsp3) is 0.500. The maximum absolute atomic E-state index is 12.5. The van der Waals surface area contributed by atoms with Gasteiger partial charge in [-0.15, -0.1) is 0 Å². The van der Waals surface area contributed by atoms with Gasteiger partial charge in [0.15, 0.2) is 23.4 Å². The molecule has 4 atom stereocenters. The first kappa shape index (κ1) is 17.0. The van der Waals surface area contributed by atoms with Crippen molar-refractivity contribution in [3.8, 4) is 11.5 Å². The van der Waals surface area contributed by atoms with Crippen LogP contribution in [-0.4, -0.2) is 52.2 Å². The minimum absolute atomic E-state index is 0.0208. The number of rotatable bonds is 3. The number of allylic oxidation sites excluding steroid dienone is 2. The van der Waals surface area contributed by atoms with Crippen LogP contribution in [0, 0.1) is 0 Å². The molecule has 1 heterocycles. The van der Waals surface area contributed by atoms with Crippen molar-refractivity contribution in [2.75, 3.05) is 13.6 Å². The van der Waals surface area contributed by atoms with Crippen molar-refractivity contribution in [1.82, 2.24) is 4.90 Å². The Labute approximate surface area is 158 Å². The summed E-state index contributed by atoms with van der Waals surface area (Å²) in [5, 5.41) is 22.0. The van der Waals surface area contributed by atoms with E-state index in [1.807, 2.05) is 6.07 Å². The van der Waals surface area contributed by atoms with Gasteiger partial charge in [-0.25, -0.2) is 0 Å². The summed E-state index contributed by atoms with van der Waals surface area (Å²) in [7, 11) is 2.06. The molecule has 0 spiro atoms. The average molecular weight is 367 g/mol. The molecule has 5 heteroatoms. The Hall–Kier alpha value is -2.11. The number of hydrogen-bond acceptors (Lipinski definition) is 5. The van der Waals surface area contributed by atoms with Crippen molar-refractivity contribution in [2.24, 2.45) is 0 Å². The Bertz CT molecular complexity index is 873. The predicted octanol–water partition coefficient (Wildman–Crippen LogP) is 2.46. The highest BCUT2D eigenvalue weighted by molar-refractivity contribution is 5.88. The van der Waals surface area contributed by atoms with Crippen LogP contribution in [0.4, 0.5) is 0 Å². The first-order valence-corrected chi connectivity index (χ1v) is 9.81. The maximum atomic E-state index is 12.5. The number of benzene rings is 1. The molecular formula is C22H25NO4. The summed E-state index contributed by atoms with van der Waals surface area (Å²) in [5.41, 5.74) is 2.16. The number of ketones is 1. The quantitative estimate of drug-likeness (QED) is 0.859. The Morgan fingerprint density at radius 3 is 2.96 bits per heavy atom. The zero-order valence-corrected chi connectivity index (χ0v) is 15.5. The summed E-state index contributed by atoms with van der Waals surface area (Å²) in [6.45, 7) is 0.774. The molecule has 2 N–H and O–H groups in total. The van der Waals surface area contributed by atoms with E-state index >= 15 is 0 Å². The fourth-order valence-electron chi connectivity index (χ4n) is 5.48. The lowest BCUT2D eigenvalue weighted by molar-refractivity contribution is -0.146. The largest absolute Gasteiger partial charge is 0.504 e. The number of carbonyl (C=O) groups is 1. The average Bonchev–Trinajstić information content (AvgIpc) is 3.09. The summed E-state index contributed by atoms with van der Waals surface area (Å²) in [4.78, 5) is 14.7. The van der Waals surface area contributed by atoms with Gasteiger partial charge in [0.2, 0.25) is 0 Å². The van der Waals surface area contributed by atoms with Crippen LogP contribution < -0.4 is 4.74 Å². The molecule has 1 aromatic rings. The number of aromatic hydroxyl groups is 1. The number of carbonyl (C=O) groups excluding carboxylic acids is 1. The monoisotopic (exact) mass is 367 g/mol. The van der Waals surface area contributed by atoms with E-state index in [4.69, 9.17) is 4.74 Å². The highest BCUT2D eigenvalue weighted by Crippen LogP contribution is 2.58. The summed E-state index contributed by atoms with van der Waals surface area (Å²) in [5.74, 6) is 0.0816. The predicted molar refractivity (Wildman–Crippen MR) is 101 cm³/mol. The van der Waals surface area contributed by atoms with Crippen LogP contribution in [0.5, 0.6) is 11.5 Å². The Balaban J connectivity index is 1.55. The lowest BCUT2D eigenvalue weighted by atomic mass is 9.61. The number of hydrogen-bond donors (Lipinski definition) is 2. The molecule has 3 aliphatic carbocycles. The molecule has 1 aliphatic heterocycles. The van der Waals surface area contributed by atoms with Gasteiger partial charge in [0.05, 0.1) is 11.5 Å². The Morgan fingerprint density at radius 2 is 2.19 bits per heavy atom. The topological polar surface area (TPSA) is 70.0 Å². The molecule has 4 aliphatic rings.